The number of nitrogens with two attached hydrogens (primary N) is 1. The number of rotatable bonds is 2. The molecular weight excluding hydrogens is 352 g/mol. The van der Waals surface area contributed by atoms with Crippen molar-refractivity contribution in [1.29, 1.82) is 0 Å². The van der Waals surface area contributed by atoms with E-state index in [-0.39, 0.29) is 18.3 Å². The first-order valence-electron chi connectivity index (χ1n) is 7.33. The summed E-state index contributed by atoms with van der Waals surface area (Å²) in [6.45, 7) is 3.62. The highest BCUT2D eigenvalue weighted by molar-refractivity contribution is 9.10. The second-order valence-electron chi connectivity index (χ2n) is 6.37. The van der Waals surface area contributed by atoms with Crippen molar-refractivity contribution in [3.8, 4) is 0 Å². The molecule has 3 rings (SSSR count). The highest BCUT2D eigenvalue weighted by Gasteiger charge is 2.42. The molecule has 3 unspecified atom stereocenters. The molecule has 1 amide bonds. The van der Waals surface area contributed by atoms with E-state index in [0.29, 0.717) is 11.8 Å². The maximum Gasteiger partial charge on any atom is 0.246 e. The first-order chi connectivity index (χ1) is 9.48. The van der Waals surface area contributed by atoms with Gasteiger partial charge in [0.15, 0.2) is 0 Å². The van der Waals surface area contributed by atoms with Crippen molar-refractivity contribution in [3.05, 3.63) is 34.3 Å². The van der Waals surface area contributed by atoms with E-state index < -0.39 is 5.54 Å². The Morgan fingerprint density at radius 3 is 2.29 bits per heavy atom. The zero-order valence-corrected chi connectivity index (χ0v) is 14.6. The van der Waals surface area contributed by atoms with Crippen molar-refractivity contribution in [3.63, 3.8) is 0 Å². The third kappa shape index (κ3) is 3.13. The lowest BCUT2D eigenvalue weighted by Gasteiger charge is -2.30. The van der Waals surface area contributed by atoms with Gasteiger partial charge in [0, 0.05) is 17.6 Å². The van der Waals surface area contributed by atoms with Crippen molar-refractivity contribution < 1.29 is 4.79 Å². The highest BCUT2D eigenvalue weighted by Crippen LogP contribution is 2.39. The molecule has 5 heteroatoms. The normalized spacial score (nSPS) is 26.9. The number of halogens is 2. The Morgan fingerprint density at radius 2 is 1.76 bits per heavy atom. The van der Waals surface area contributed by atoms with Crippen LogP contribution in [0.5, 0.6) is 0 Å². The molecule has 2 aliphatic rings. The van der Waals surface area contributed by atoms with Crippen LogP contribution in [0.15, 0.2) is 28.7 Å². The predicted molar refractivity (Wildman–Crippen MR) is 90.3 cm³/mol. The summed E-state index contributed by atoms with van der Waals surface area (Å²) in [4.78, 5) is 14.8. The van der Waals surface area contributed by atoms with E-state index in [0.717, 1.165) is 23.1 Å². The van der Waals surface area contributed by atoms with Gasteiger partial charge in [0.05, 0.1) is 0 Å². The van der Waals surface area contributed by atoms with Gasteiger partial charge in [0.1, 0.15) is 5.54 Å². The molecule has 0 aromatic heterocycles. The molecular formula is C16H22BrClN2O. The van der Waals surface area contributed by atoms with Crippen LogP contribution in [-0.4, -0.2) is 23.9 Å². The van der Waals surface area contributed by atoms with Gasteiger partial charge >= 0.3 is 0 Å². The van der Waals surface area contributed by atoms with Gasteiger partial charge in [-0.1, -0.05) is 34.5 Å². The number of carbonyl (C=O) groups is 1. The summed E-state index contributed by atoms with van der Waals surface area (Å²) >= 11 is 3.41. The number of fused-ring (bicyclic) bond motifs is 1. The first-order valence-corrected chi connectivity index (χ1v) is 8.12. The van der Waals surface area contributed by atoms with E-state index in [4.69, 9.17) is 5.73 Å². The van der Waals surface area contributed by atoms with E-state index in [1.165, 1.54) is 19.3 Å². The number of carbonyl (C=O) groups excluding carboxylic acids is 1. The summed E-state index contributed by atoms with van der Waals surface area (Å²) in [5, 5.41) is 0. The summed E-state index contributed by atoms with van der Waals surface area (Å²) in [5.74, 6) is 1.48. The lowest BCUT2D eigenvalue weighted by molar-refractivity contribution is -0.136. The molecule has 0 spiro atoms. The fraction of sp³-hybridized carbons (Fsp3) is 0.562. The van der Waals surface area contributed by atoms with Crippen molar-refractivity contribution in [1.82, 2.24) is 4.90 Å². The average molecular weight is 374 g/mol. The number of hydrogen-bond acceptors (Lipinski definition) is 2. The number of benzene rings is 1. The summed E-state index contributed by atoms with van der Waals surface area (Å²) in [6, 6.07) is 7.73. The minimum Gasteiger partial charge on any atom is -0.340 e. The molecule has 1 aliphatic carbocycles. The molecule has 1 saturated carbocycles. The van der Waals surface area contributed by atoms with Gasteiger partial charge in [-0.25, -0.2) is 0 Å². The molecule has 116 valence electrons. The van der Waals surface area contributed by atoms with Crippen LogP contribution in [-0.2, 0) is 10.3 Å². The van der Waals surface area contributed by atoms with Crippen LogP contribution in [0, 0.1) is 11.8 Å². The van der Waals surface area contributed by atoms with Crippen LogP contribution in [0.1, 0.15) is 31.7 Å². The van der Waals surface area contributed by atoms with Crippen LogP contribution < -0.4 is 5.73 Å². The van der Waals surface area contributed by atoms with Crippen molar-refractivity contribution in [2.75, 3.05) is 13.1 Å². The SMILES string of the molecule is CC(N)(C(=O)N1CC2CCCC2C1)c1ccc(Br)cc1.Cl. The molecule has 3 nitrogen and oxygen atoms in total. The Morgan fingerprint density at radius 1 is 1.24 bits per heavy atom. The Bertz CT molecular complexity index is 506. The lowest BCUT2D eigenvalue weighted by atomic mass is 9.91. The molecule has 1 saturated heterocycles. The third-order valence-electron chi connectivity index (χ3n) is 4.90. The van der Waals surface area contributed by atoms with Crippen molar-refractivity contribution >= 4 is 34.2 Å². The van der Waals surface area contributed by atoms with E-state index in [1.807, 2.05) is 36.1 Å². The van der Waals surface area contributed by atoms with Gasteiger partial charge in [0.2, 0.25) is 5.91 Å². The van der Waals surface area contributed by atoms with Crippen molar-refractivity contribution in [2.24, 2.45) is 17.6 Å². The topological polar surface area (TPSA) is 46.3 Å². The second-order valence-corrected chi connectivity index (χ2v) is 7.29. The van der Waals surface area contributed by atoms with Gasteiger partial charge in [-0.15, -0.1) is 12.4 Å². The minimum atomic E-state index is -0.931. The summed E-state index contributed by atoms with van der Waals surface area (Å²) in [5.41, 5.74) is 6.30. The van der Waals surface area contributed by atoms with E-state index in [1.54, 1.807) is 0 Å². The maximum absolute atomic E-state index is 12.8. The lowest BCUT2D eigenvalue weighted by Crippen LogP contribution is -2.50. The van der Waals surface area contributed by atoms with Gasteiger partial charge in [-0.3, -0.25) is 4.79 Å². The number of amides is 1. The second kappa shape index (κ2) is 6.27. The van der Waals surface area contributed by atoms with Crippen LogP contribution in [0.2, 0.25) is 0 Å². The fourth-order valence-corrected chi connectivity index (χ4v) is 3.91. The summed E-state index contributed by atoms with van der Waals surface area (Å²) in [7, 11) is 0. The van der Waals surface area contributed by atoms with Gasteiger partial charge in [-0.05, 0) is 49.3 Å². The molecule has 2 fully saturated rings. The average Bonchev–Trinajstić information content (AvgIpc) is 2.99. The van der Waals surface area contributed by atoms with Crippen LogP contribution in [0.3, 0.4) is 0 Å². The van der Waals surface area contributed by atoms with E-state index in [9.17, 15) is 4.79 Å². The molecule has 0 bridgehead atoms. The quantitative estimate of drug-likeness (QED) is 0.864. The molecule has 2 N–H and O–H groups in total. The number of hydrogen-bond donors (Lipinski definition) is 1. The molecule has 1 heterocycles. The third-order valence-corrected chi connectivity index (χ3v) is 5.43. The van der Waals surface area contributed by atoms with Crippen LogP contribution in [0.25, 0.3) is 0 Å². The zero-order valence-electron chi connectivity index (χ0n) is 12.2. The largest absolute Gasteiger partial charge is 0.340 e. The van der Waals surface area contributed by atoms with Crippen molar-refractivity contribution in [2.45, 2.75) is 31.7 Å². The zero-order chi connectivity index (χ0) is 14.3. The molecule has 1 aliphatic heterocycles. The molecule has 21 heavy (non-hydrogen) atoms. The van der Waals surface area contributed by atoms with Gasteiger partial charge in [0.25, 0.3) is 0 Å². The summed E-state index contributed by atoms with van der Waals surface area (Å²) in [6.07, 6.45) is 3.87. The van der Waals surface area contributed by atoms with Gasteiger partial charge in [-0.2, -0.15) is 0 Å². The highest BCUT2D eigenvalue weighted by atomic mass is 79.9. The Labute approximate surface area is 140 Å². The minimum absolute atomic E-state index is 0. The first kappa shape index (κ1) is 16.8. The van der Waals surface area contributed by atoms with Gasteiger partial charge < -0.3 is 10.6 Å². The van der Waals surface area contributed by atoms with E-state index >= 15 is 0 Å². The van der Waals surface area contributed by atoms with Crippen LogP contribution in [0.4, 0.5) is 0 Å². The maximum atomic E-state index is 12.8. The predicted octanol–water partition coefficient (Wildman–Crippen LogP) is 3.30. The van der Waals surface area contributed by atoms with Crippen LogP contribution >= 0.6 is 28.3 Å². The standard InChI is InChI=1S/C16H21BrN2O.ClH/c1-16(18,13-5-7-14(17)8-6-13)15(20)19-9-11-3-2-4-12(11)10-19;/h5-8,11-12H,2-4,9-10,18H2,1H3;1H. The smallest absolute Gasteiger partial charge is 0.246 e. The monoisotopic (exact) mass is 372 g/mol. The molecule has 3 atom stereocenters. The Kier molecular flexibility index (Phi) is 5.01. The Balaban J connectivity index is 0.00000161. The molecule has 1 aromatic rings. The number of nitrogens with zero attached hydrogens (tertiary/aromatic N) is 1. The Hall–Kier alpha value is -0.580. The molecule has 1 aromatic carbocycles. The van der Waals surface area contributed by atoms with E-state index in [2.05, 4.69) is 15.9 Å². The summed E-state index contributed by atoms with van der Waals surface area (Å²) < 4.78 is 1.00. The molecule has 0 radical (unpaired) electrons. The fourth-order valence-electron chi connectivity index (χ4n) is 3.65. The number of likely N-dealkylation sites (tertiary alicyclic amines) is 1.